The van der Waals surface area contributed by atoms with Gasteiger partial charge >= 0.3 is 0 Å². The van der Waals surface area contributed by atoms with E-state index in [1.807, 2.05) is 19.1 Å². The van der Waals surface area contributed by atoms with E-state index in [1.165, 1.54) is 12.1 Å². The molecule has 158 valence electrons. The van der Waals surface area contributed by atoms with Crippen molar-refractivity contribution in [3.63, 3.8) is 0 Å². The SMILES string of the molecule is CN(C)C1CCN(c2ccc(NC(=O)c3ccc(NC(=O)C4(C)CC4)cc3)cc2)C1. The molecule has 6 heteroatoms. The number of rotatable bonds is 6. The lowest BCUT2D eigenvalue weighted by atomic mass is 10.1. The van der Waals surface area contributed by atoms with Crippen LogP contribution < -0.4 is 15.5 Å². The molecule has 4 rings (SSSR count). The maximum absolute atomic E-state index is 12.6. The van der Waals surface area contributed by atoms with E-state index in [4.69, 9.17) is 0 Å². The Morgan fingerprint density at radius 3 is 2.13 bits per heavy atom. The molecule has 1 aliphatic heterocycles. The largest absolute Gasteiger partial charge is 0.370 e. The number of nitrogens with zero attached hydrogens (tertiary/aromatic N) is 2. The van der Waals surface area contributed by atoms with Crippen molar-refractivity contribution in [3.8, 4) is 0 Å². The Morgan fingerprint density at radius 2 is 1.57 bits per heavy atom. The average Bonchev–Trinajstić information content (AvgIpc) is 3.29. The second-order valence-electron chi connectivity index (χ2n) is 8.95. The van der Waals surface area contributed by atoms with Crippen LogP contribution in [-0.4, -0.2) is 49.9 Å². The summed E-state index contributed by atoms with van der Waals surface area (Å²) in [6.45, 7) is 4.05. The lowest BCUT2D eigenvalue weighted by Crippen LogP contribution is -2.31. The standard InChI is InChI=1S/C24H30N4O2/c1-24(13-14-24)23(30)26-19-6-4-17(5-7-19)22(29)25-18-8-10-20(11-9-18)28-15-12-21(16-28)27(2)3/h4-11,21H,12-16H2,1-3H3,(H,25,29)(H,26,30). The predicted octanol–water partition coefficient (Wildman–Crippen LogP) is 3.82. The minimum absolute atomic E-state index is 0.0506. The Bertz CT molecular complexity index is 917. The Hall–Kier alpha value is -2.86. The third-order valence-electron chi connectivity index (χ3n) is 6.34. The zero-order valence-corrected chi connectivity index (χ0v) is 17.9. The monoisotopic (exact) mass is 406 g/mol. The van der Waals surface area contributed by atoms with Gasteiger partial charge in [-0.3, -0.25) is 9.59 Å². The van der Waals surface area contributed by atoms with Gasteiger partial charge in [-0.15, -0.1) is 0 Å². The van der Waals surface area contributed by atoms with Crippen LogP contribution in [0.15, 0.2) is 48.5 Å². The summed E-state index contributed by atoms with van der Waals surface area (Å²) in [5.74, 6) is -0.113. The van der Waals surface area contributed by atoms with Crippen LogP contribution in [0.4, 0.5) is 17.1 Å². The van der Waals surface area contributed by atoms with E-state index in [1.54, 1.807) is 24.3 Å². The van der Waals surface area contributed by atoms with Crippen molar-refractivity contribution in [2.24, 2.45) is 5.41 Å². The van der Waals surface area contributed by atoms with Gasteiger partial charge in [-0.25, -0.2) is 0 Å². The molecule has 2 amide bonds. The number of hydrogen-bond donors (Lipinski definition) is 2. The topological polar surface area (TPSA) is 64.7 Å². The van der Waals surface area contributed by atoms with Crippen LogP contribution in [0.2, 0.25) is 0 Å². The number of carbonyl (C=O) groups excluding carboxylic acids is 2. The second-order valence-corrected chi connectivity index (χ2v) is 8.95. The van der Waals surface area contributed by atoms with Crippen molar-refractivity contribution >= 4 is 28.9 Å². The van der Waals surface area contributed by atoms with Gasteiger partial charge in [-0.05, 0) is 81.9 Å². The van der Waals surface area contributed by atoms with Crippen molar-refractivity contribution in [1.82, 2.24) is 4.90 Å². The van der Waals surface area contributed by atoms with E-state index < -0.39 is 0 Å². The Morgan fingerprint density at radius 1 is 0.967 bits per heavy atom. The van der Waals surface area contributed by atoms with Crippen LogP contribution >= 0.6 is 0 Å². The maximum atomic E-state index is 12.6. The van der Waals surface area contributed by atoms with Gasteiger partial charge < -0.3 is 20.4 Å². The molecule has 0 radical (unpaired) electrons. The molecule has 0 spiro atoms. The van der Waals surface area contributed by atoms with Crippen molar-refractivity contribution in [2.75, 3.05) is 42.7 Å². The van der Waals surface area contributed by atoms with Gasteiger partial charge in [0.25, 0.3) is 5.91 Å². The number of amides is 2. The minimum Gasteiger partial charge on any atom is -0.370 e. The van der Waals surface area contributed by atoms with E-state index in [-0.39, 0.29) is 17.2 Å². The normalized spacial score (nSPS) is 19.6. The lowest BCUT2D eigenvalue weighted by molar-refractivity contribution is -0.120. The van der Waals surface area contributed by atoms with Gasteiger partial charge in [0, 0.05) is 47.2 Å². The van der Waals surface area contributed by atoms with Crippen molar-refractivity contribution in [3.05, 3.63) is 54.1 Å². The fourth-order valence-electron chi connectivity index (χ4n) is 3.76. The highest BCUT2D eigenvalue weighted by Crippen LogP contribution is 2.45. The van der Waals surface area contributed by atoms with Crippen LogP contribution in [0.5, 0.6) is 0 Å². The van der Waals surface area contributed by atoms with E-state index >= 15 is 0 Å². The Labute approximate surface area is 178 Å². The smallest absolute Gasteiger partial charge is 0.255 e. The molecule has 0 bridgehead atoms. The zero-order valence-electron chi connectivity index (χ0n) is 17.9. The number of hydrogen-bond acceptors (Lipinski definition) is 4. The first kappa shape index (κ1) is 20.4. The molecule has 2 fully saturated rings. The Kier molecular flexibility index (Phi) is 5.52. The summed E-state index contributed by atoms with van der Waals surface area (Å²) in [5.41, 5.74) is 3.01. The van der Waals surface area contributed by atoms with Gasteiger partial charge in [-0.2, -0.15) is 0 Å². The highest BCUT2D eigenvalue weighted by molar-refractivity contribution is 6.05. The van der Waals surface area contributed by atoms with Gasteiger partial charge in [0.1, 0.15) is 0 Å². The molecule has 1 unspecified atom stereocenters. The summed E-state index contributed by atoms with van der Waals surface area (Å²) in [4.78, 5) is 29.4. The molecule has 2 aliphatic rings. The summed E-state index contributed by atoms with van der Waals surface area (Å²) in [5, 5.41) is 5.87. The van der Waals surface area contributed by atoms with E-state index in [2.05, 4.69) is 46.7 Å². The highest BCUT2D eigenvalue weighted by Gasteiger charge is 2.44. The number of nitrogens with one attached hydrogen (secondary N) is 2. The summed E-state index contributed by atoms with van der Waals surface area (Å²) in [6, 6.07) is 15.6. The molecule has 1 heterocycles. The minimum atomic E-state index is -0.218. The molecule has 2 aromatic rings. The van der Waals surface area contributed by atoms with Crippen molar-refractivity contribution in [1.29, 1.82) is 0 Å². The van der Waals surface area contributed by atoms with Crippen molar-refractivity contribution in [2.45, 2.75) is 32.2 Å². The highest BCUT2D eigenvalue weighted by atomic mass is 16.2. The van der Waals surface area contributed by atoms with E-state index in [9.17, 15) is 9.59 Å². The average molecular weight is 407 g/mol. The second kappa shape index (κ2) is 8.11. The van der Waals surface area contributed by atoms with Gasteiger partial charge in [0.15, 0.2) is 0 Å². The lowest BCUT2D eigenvalue weighted by Gasteiger charge is -2.22. The number of likely N-dealkylation sites (N-methyl/N-ethyl adjacent to an activating group) is 1. The summed E-state index contributed by atoms with van der Waals surface area (Å²) < 4.78 is 0. The molecule has 0 aromatic heterocycles. The maximum Gasteiger partial charge on any atom is 0.255 e. The molecular weight excluding hydrogens is 376 g/mol. The molecular formula is C24H30N4O2. The van der Waals surface area contributed by atoms with Gasteiger partial charge in [-0.1, -0.05) is 6.92 Å². The zero-order chi connectivity index (χ0) is 21.3. The molecule has 2 aromatic carbocycles. The molecule has 1 atom stereocenters. The number of anilines is 3. The summed E-state index contributed by atoms with van der Waals surface area (Å²) in [6.07, 6.45) is 3.04. The Balaban J connectivity index is 1.33. The first-order chi connectivity index (χ1) is 14.3. The van der Waals surface area contributed by atoms with Crippen LogP contribution in [0.3, 0.4) is 0 Å². The molecule has 1 aliphatic carbocycles. The third kappa shape index (κ3) is 4.49. The van der Waals surface area contributed by atoms with Crippen LogP contribution in [-0.2, 0) is 4.79 Å². The first-order valence-electron chi connectivity index (χ1n) is 10.6. The molecule has 30 heavy (non-hydrogen) atoms. The molecule has 1 saturated carbocycles. The number of carbonyl (C=O) groups is 2. The molecule has 6 nitrogen and oxygen atoms in total. The van der Waals surface area contributed by atoms with Crippen LogP contribution in [0, 0.1) is 5.41 Å². The fraction of sp³-hybridized carbons (Fsp3) is 0.417. The first-order valence-corrected chi connectivity index (χ1v) is 10.6. The summed E-state index contributed by atoms with van der Waals surface area (Å²) >= 11 is 0. The third-order valence-corrected chi connectivity index (χ3v) is 6.34. The van der Waals surface area contributed by atoms with Crippen LogP contribution in [0.1, 0.15) is 36.5 Å². The predicted molar refractivity (Wildman–Crippen MR) is 121 cm³/mol. The molecule has 2 N–H and O–H groups in total. The fourth-order valence-corrected chi connectivity index (χ4v) is 3.76. The summed E-state index contributed by atoms with van der Waals surface area (Å²) in [7, 11) is 4.25. The van der Waals surface area contributed by atoms with Crippen molar-refractivity contribution < 1.29 is 9.59 Å². The number of benzene rings is 2. The van der Waals surface area contributed by atoms with E-state index in [0.29, 0.717) is 11.6 Å². The van der Waals surface area contributed by atoms with Crippen LogP contribution in [0.25, 0.3) is 0 Å². The quantitative estimate of drug-likeness (QED) is 0.766. The van der Waals surface area contributed by atoms with Gasteiger partial charge in [0.2, 0.25) is 5.91 Å². The van der Waals surface area contributed by atoms with E-state index in [0.717, 1.165) is 37.3 Å². The molecule has 1 saturated heterocycles. The van der Waals surface area contributed by atoms with Gasteiger partial charge in [0.05, 0.1) is 0 Å².